The van der Waals surface area contributed by atoms with Gasteiger partial charge in [-0.2, -0.15) is 5.26 Å². The minimum Gasteiger partial charge on any atom is -0.455 e. The summed E-state index contributed by atoms with van der Waals surface area (Å²) in [7, 11) is 0. The molecule has 3 aromatic heterocycles. The largest absolute Gasteiger partial charge is 0.455 e. The average Bonchev–Trinajstić information content (AvgIpc) is 3.70. The van der Waals surface area contributed by atoms with Crippen LogP contribution >= 0.6 is 11.3 Å². The van der Waals surface area contributed by atoms with E-state index < -0.39 is 0 Å². The van der Waals surface area contributed by atoms with Gasteiger partial charge < -0.3 is 8.98 Å². The lowest BCUT2D eigenvalue weighted by molar-refractivity contribution is 0.670. The van der Waals surface area contributed by atoms with E-state index in [0.29, 0.717) is 5.56 Å². The quantitative estimate of drug-likeness (QED) is 0.219. The van der Waals surface area contributed by atoms with E-state index in [2.05, 4.69) is 108 Å². The SMILES string of the molecule is N#Cc1ccc2c(c1)c1ccccc1n2-c1cccc2c1sc1c(-c3cccc4c3oc3ccccc34)cccc12. The zero-order chi connectivity index (χ0) is 27.1. The Bertz CT molecular complexity index is 2560. The van der Waals surface area contributed by atoms with Crippen LogP contribution < -0.4 is 0 Å². The average molecular weight is 541 g/mol. The fourth-order valence-electron chi connectivity index (χ4n) is 6.45. The van der Waals surface area contributed by atoms with Crippen molar-refractivity contribution in [1.29, 1.82) is 5.26 Å². The first-order valence-electron chi connectivity index (χ1n) is 13.6. The number of hydrogen-bond donors (Lipinski definition) is 0. The van der Waals surface area contributed by atoms with Gasteiger partial charge in [0, 0.05) is 48.1 Å². The van der Waals surface area contributed by atoms with Crippen LogP contribution in [0.1, 0.15) is 5.56 Å². The molecule has 0 fully saturated rings. The van der Waals surface area contributed by atoms with Gasteiger partial charge in [0.05, 0.1) is 33.1 Å². The number of nitrogens with zero attached hydrogens (tertiary/aromatic N) is 2. The Kier molecular flexibility index (Phi) is 4.55. The highest BCUT2D eigenvalue weighted by atomic mass is 32.1. The van der Waals surface area contributed by atoms with Gasteiger partial charge >= 0.3 is 0 Å². The molecule has 0 radical (unpaired) electrons. The summed E-state index contributed by atoms with van der Waals surface area (Å²) in [5, 5.41) is 16.6. The van der Waals surface area contributed by atoms with Crippen LogP contribution in [-0.2, 0) is 0 Å². The molecule has 0 bridgehead atoms. The number of furan rings is 1. The molecule has 0 spiro atoms. The molecule has 190 valence electrons. The van der Waals surface area contributed by atoms with Crippen LogP contribution in [0, 0.1) is 11.3 Å². The maximum absolute atomic E-state index is 9.58. The third kappa shape index (κ3) is 3.07. The van der Waals surface area contributed by atoms with Crippen molar-refractivity contribution >= 4 is 75.3 Å². The molecule has 6 aromatic carbocycles. The maximum atomic E-state index is 9.58. The maximum Gasteiger partial charge on any atom is 0.143 e. The first-order valence-corrected chi connectivity index (χ1v) is 14.4. The summed E-state index contributed by atoms with van der Waals surface area (Å²) in [5.74, 6) is 0. The third-order valence-corrected chi connectivity index (χ3v) is 9.52. The molecule has 4 heteroatoms. The van der Waals surface area contributed by atoms with Crippen LogP contribution in [0.2, 0.25) is 0 Å². The van der Waals surface area contributed by atoms with E-state index in [4.69, 9.17) is 4.42 Å². The van der Waals surface area contributed by atoms with Crippen molar-refractivity contribution in [3.63, 3.8) is 0 Å². The fourth-order valence-corrected chi connectivity index (χ4v) is 7.79. The van der Waals surface area contributed by atoms with Crippen LogP contribution in [-0.4, -0.2) is 4.57 Å². The predicted octanol–water partition coefficient (Wildman–Crippen LogP) is 10.6. The van der Waals surface area contributed by atoms with Gasteiger partial charge in [-0.15, -0.1) is 11.3 Å². The summed E-state index contributed by atoms with van der Waals surface area (Å²) in [6.45, 7) is 0. The van der Waals surface area contributed by atoms with Gasteiger partial charge in [-0.25, -0.2) is 0 Å². The molecule has 0 aliphatic carbocycles. The van der Waals surface area contributed by atoms with E-state index in [1.807, 2.05) is 35.6 Å². The highest BCUT2D eigenvalue weighted by Crippen LogP contribution is 2.46. The first kappa shape index (κ1) is 22.4. The third-order valence-electron chi connectivity index (χ3n) is 8.24. The monoisotopic (exact) mass is 540 g/mol. The van der Waals surface area contributed by atoms with E-state index in [-0.39, 0.29) is 0 Å². The van der Waals surface area contributed by atoms with E-state index in [1.54, 1.807) is 0 Å². The number of para-hydroxylation sites is 3. The van der Waals surface area contributed by atoms with Crippen molar-refractivity contribution in [2.24, 2.45) is 0 Å². The van der Waals surface area contributed by atoms with Gasteiger partial charge in [0.15, 0.2) is 0 Å². The molecule has 0 N–H and O–H groups in total. The highest BCUT2D eigenvalue weighted by Gasteiger charge is 2.19. The Morgan fingerprint density at radius 3 is 2.12 bits per heavy atom. The minimum absolute atomic E-state index is 0.671. The number of rotatable bonds is 2. The van der Waals surface area contributed by atoms with Crippen molar-refractivity contribution < 1.29 is 4.42 Å². The Morgan fingerprint density at radius 2 is 1.24 bits per heavy atom. The number of benzene rings is 6. The summed E-state index contributed by atoms with van der Waals surface area (Å²) in [4.78, 5) is 0. The van der Waals surface area contributed by atoms with Gasteiger partial charge in [-0.3, -0.25) is 0 Å². The van der Waals surface area contributed by atoms with Gasteiger partial charge in [-0.05, 0) is 36.4 Å². The number of hydrogen-bond acceptors (Lipinski definition) is 3. The molecule has 3 nitrogen and oxygen atoms in total. The molecule has 0 aliphatic heterocycles. The second kappa shape index (κ2) is 8.32. The number of nitriles is 1. The predicted molar refractivity (Wildman–Crippen MR) is 171 cm³/mol. The molecular weight excluding hydrogens is 520 g/mol. The van der Waals surface area contributed by atoms with E-state index >= 15 is 0 Å². The van der Waals surface area contributed by atoms with E-state index in [1.165, 1.54) is 25.7 Å². The zero-order valence-electron chi connectivity index (χ0n) is 21.8. The number of thiophene rings is 1. The lowest BCUT2D eigenvalue weighted by atomic mass is 10.00. The standard InChI is InChI=1S/C37H20N2OS/c38-21-22-18-19-32-30(20-22)23-8-1-3-15-31(23)39(32)33-16-7-14-29-28-13-6-12-27(36(28)41-37(29)33)26-11-5-10-25-24-9-2-4-17-34(24)40-35(25)26/h1-20H. The molecule has 0 aliphatic rings. The summed E-state index contributed by atoms with van der Waals surface area (Å²) in [6.07, 6.45) is 0. The van der Waals surface area contributed by atoms with Gasteiger partial charge in [-0.1, -0.05) is 84.9 Å². The lowest BCUT2D eigenvalue weighted by Crippen LogP contribution is -1.93. The van der Waals surface area contributed by atoms with Gasteiger partial charge in [0.2, 0.25) is 0 Å². The number of fused-ring (bicyclic) bond motifs is 9. The second-order valence-electron chi connectivity index (χ2n) is 10.4. The van der Waals surface area contributed by atoms with Crippen molar-refractivity contribution in [2.45, 2.75) is 0 Å². The Balaban J connectivity index is 1.36. The molecule has 0 saturated heterocycles. The van der Waals surface area contributed by atoms with Crippen molar-refractivity contribution in [3.05, 3.63) is 127 Å². The summed E-state index contributed by atoms with van der Waals surface area (Å²) in [5.41, 5.74) is 8.18. The first-order chi connectivity index (χ1) is 20.3. The molecule has 0 saturated carbocycles. The van der Waals surface area contributed by atoms with Crippen LogP contribution in [0.15, 0.2) is 126 Å². The fraction of sp³-hybridized carbons (Fsp3) is 0. The van der Waals surface area contributed by atoms with Crippen LogP contribution in [0.5, 0.6) is 0 Å². The van der Waals surface area contributed by atoms with Gasteiger partial charge in [0.25, 0.3) is 0 Å². The van der Waals surface area contributed by atoms with E-state index in [0.717, 1.165) is 55.0 Å². The smallest absolute Gasteiger partial charge is 0.143 e. The normalized spacial score (nSPS) is 11.9. The van der Waals surface area contributed by atoms with Crippen LogP contribution in [0.4, 0.5) is 0 Å². The zero-order valence-corrected chi connectivity index (χ0v) is 22.6. The summed E-state index contributed by atoms with van der Waals surface area (Å²) in [6, 6.07) is 44.6. The molecular formula is C37H20N2OS. The molecule has 41 heavy (non-hydrogen) atoms. The summed E-state index contributed by atoms with van der Waals surface area (Å²) >= 11 is 1.83. The second-order valence-corrected chi connectivity index (χ2v) is 11.4. The van der Waals surface area contributed by atoms with E-state index in [9.17, 15) is 5.26 Å². The molecule has 9 rings (SSSR count). The Morgan fingerprint density at radius 1 is 0.561 bits per heavy atom. The van der Waals surface area contributed by atoms with Gasteiger partial charge in [0.1, 0.15) is 11.2 Å². The Hall–Kier alpha value is -5.37. The molecule has 0 atom stereocenters. The summed E-state index contributed by atoms with van der Waals surface area (Å²) < 4.78 is 11.3. The van der Waals surface area contributed by atoms with Crippen LogP contribution in [0.3, 0.4) is 0 Å². The molecule has 0 amide bonds. The molecule has 3 heterocycles. The van der Waals surface area contributed by atoms with Crippen molar-refractivity contribution in [2.75, 3.05) is 0 Å². The molecule has 9 aromatic rings. The number of aromatic nitrogens is 1. The van der Waals surface area contributed by atoms with Crippen molar-refractivity contribution in [1.82, 2.24) is 4.57 Å². The molecule has 0 unspecified atom stereocenters. The topological polar surface area (TPSA) is 41.9 Å². The van der Waals surface area contributed by atoms with Crippen LogP contribution in [0.25, 0.3) is 80.7 Å². The Labute approximate surface area is 238 Å². The minimum atomic E-state index is 0.671. The van der Waals surface area contributed by atoms with Crippen molar-refractivity contribution in [3.8, 4) is 22.9 Å². The highest BCUT2D eigenvalue weighted by molar-refractivity contribution is 7.26. The lowest BCUT2D eigenvalue weighted by Gasteiger charge is -2.09.